The minimum Gasteiger partial charge on any atom is -0.497 e. The fraction of sp³-hybridized carbons (Fsp3) is 0.263. The lowest BCUT2D eigenvalue weighted by molar-refractivity contribution is -0.148. The summed E-state index contributed by atoms with van der Waals surface area (Å²) in [5.74, 6) is 0.697. The van der Waals surface area contributed by atoms with Gasteiger partial charge in [-0.2, -0.15) is 0 Å². The number of methoxy groups -OCH3 is 2. The van der Waals surface area contributed by atoms with Crippen molar-refractivity contribution in [3.05, 3.63) is 59.7 Å². The highest BCUT2D eigenvalue weighted by Crippen LogP contribution is 2.19. The third-order valence-electron chi connectivity index (χ3n) is 3.58. The Balaban J connectivity index is 2.10. The lowest BCUT2D eigenvalue weighted by Gasteiger charge is -2.15. The van der Waals surface area contributed by atoms with E-state index in [1.807, 2.05) is 6.92 Å². The van der Waals surface area contributed by atoms with E-state index in [1.165, 1.54) is 7.11 Å². The average Bonchev–Trinajstić information content (AvgIpc) is 2.65. The molecule has 0 aromatic heterocycles. The van der Waals surface area contributed by atoms with Gasteiger partial charge in [0.15, 0.2) is 11.9 Å². The molecule has 0 aliphatic carbocycles. The number of ether oxygens (including phenoxy) is 3. The van der Waals surface area contributed by atoms with E-state index < -0.39 is 12.1 Å². The van der Waals surface area contributed by atoms with Gasteiger partial charge in [-0.05, 0) is 55.0 Å². The topological polar surface area (TPSA) is 61.8 Å². The average molecular weight is 328 g/mol. The summed E-state index contributed by atoms with van der Waals surface area (Å²) in [4.78, 5) is 24.0. The monoisotopic (exact) mass is 328 g/mol. The minimum absolute atomic E-state index is 0.0933. The van der Waals surface area contributed by atoms with Crippen LogP contribution in [0, 0.1) is 0 Å². The summed E-state index contributed by atoms with van der Waals surface area (Å²) < 4.78 is 15.4. The summed E-state index contributed by atoms with van der Waals surface area (Å²) in [7, 11) is 2.90. The summed E-state index contributed by atoms with van der Waals surface area (Å²) in [6.45, 7) is 1.84. The van der Waals surface area contributed by atoms with Crippen molar-refractivity contribution in [2.45, 2.75) is 19.4 Å². The minimum atomic E-state index is -0.655. The second-order valence-electron chi connectivity index (χ2n) is 5.12. The molecule has 0 spiro atoms. The van der Waals surface area contributed by atoms with Gasteiger partial charge in [-0.3, -0.25) is 4.79 Å². The Hall–Kier alpha value is -2.82. The maximum Gasteiger partial charge on any atom is 0.347 e. The largest absolute Gasteiger partial charge is 0.497 e. The zero-order valence-electron chi connectivity index (χ0n) is 13.9. The number of carbonyl (C=O) groups excluding carboxylic acids is 2. The molecule has 0 amide bonds. The first-order chi connectivity index (χ1) is 11.6. The molecule has 2 aromatic rings. The van der Waals surface area contributed by atoms with Crippen LogP contribution in [-0.2, 0) is 9.53 Å². The second-order valence-corrected chi connectivity index (χ2v) is 5.12. The van der Waals surface area contributed by atoms with Gasteiger partial charge in [0, 0.05) is 11.1 Å². The molecule has 0 fully saturated rings. The lowest BCUT2D eigenvalue weighted by atomic mass is 10.0. The van der Waals surface area contributed by atoms with Crippen LogP contribution < -0.4 is 9.47 Å². The van der Waals surface area contributed by atoms with E-state index in [0.29, 0.717) is 29.0 Å². The molecule has 0 heterocycles. The maximum atomic E-state index is 12.4. The highest BCUT2D eigenvalue weighted by Gasteiger charge is 2.19. The van der Waals surface area contributed by atoms with Crippen molar-refractivity contribution in [1.29, 1.82) is 0 Å². The first kappa shape index (κ1) is 17.5. The smallest absolute Gasteiger partial charge is 0.347 e. The van der Waals surface area contributed by atoms with E-state index >= 15 is 0 Å². The van der Waals surface area contributed by atoms with E-state index in [1.54, 1.807) is 55.6 Å². The number of ketones is 1. The SMILES string of the molecule is CCC(Oc1ccc(C(=O)c2ccc(OC)cc2)cc1)C(=O)OC. The van der Waals surface area contributed by atoms with Gasteiger partial charge in [0.1, 0.15) is 11.5 Å². The van der Waals surface area contributed by atoms with E-state index in [-0.39, 0.29) is 5.78 Å². The standard InChI is InChI=1S/C19H20O5/c1-4-17(19(21)23-3)24-16-11-7-14(8-12-16)18(20)13-5-9-15(22-2)10-6-13/h5-12,17H,4H2,1-3H3. The molecule has 0 N–H and O–H groups in total. The van der Waals surface area contributed by atoms with Gasteiger partial charge in [-0.15, -0.1) is 0 Å². The Morgan fingerprint density at radius 1 is 0.875 bits per heavy atom. The number of esters is 1. The van der Waals surface area contributed by atoms with E-state index in [4.69, 9.17) is 9.47 Å². The molecule has 1 unspecified atom stereocenters. The fourth-order valence-corrected chi connectivity index (χ4v) is 2.19. The number of hydrogen-bond donors (Lipinski definition) is 0. The highest BCUT2D eigenvalue weighted by atomic mass is 16.6. The van der Waals surface area contributed by atoms with E-state index in [9.17, 15) is 9.59 Å². The van der Waals surface area contributed by atoms with Crippen LogP contribution in [0.4, 0.5) is 0 Å². The highest BCUT2D eigenvalue weighted by molar-refractivity contribution is 6.09. The van der Waals surface area contributed by atoms with Crippen LogP contribution in [0.5, 0.6) is 11.5 Å². The van der Waals surface area contributed by atoms with Crippen molar-refractivity contribution >= 4 is 11.8 Å². The molecule has 2 aromatic carbocycles. The van der Waals surface area contributed by atoms with Gasteiger partial charge >= 0.3 is 5.97 Å². The van der Waals surface area contributed by atoms with Crippen molar-refractivity contribution in [3.63, 3.8) is 0 Å². The van der Waals surface area contributed by atoms with Crippen molar-refractivity contribution in [2.24, 2.45) is 0 Å². The fourth-order valence-electron chi connectivity index (χ4n) is 2.19. The Morgan fingerprint density at radius 2 is 1.38 bits per heavy atom. The summed E-state index contributed by atoms with van der Waals surface area (Å²) >= 11 is 0. The van der Waals surface area contributed by atoms with Crippen LogP contribution in [0.3, 0.4) is 0 Å². The number of rotatable bonds is 7. The number of carbonyl (C=O) groups is 2. The Morgan fingerprint density at radius 3 is 1.79 bits per heavy atom. The first-order valence-electron chi connectivity index (χ1n) is 7.62. The van der Waals surface area contributed by atoms with Crippen molar-refractivity contribution < 1.29 is 23.8 Å². The Kier molecular flexibility index (Phi) is 5.95. The molecular formula is C19H20O5. The maximum absolute atomic E-state index is 12.4. The molecule has 24 heavy (non-hydrogen) atoms. The lowest BCUT2D eigenvalue weighted by Crippen LogP contribution is -2.27. The van der Waals surface area contributed by atoms with E-state index in [0.717, 1.165) is 0 Å². The second kappa shape index (κ2) is 8.15. The predicted molar refractivity (Wildman–Crippen MR) is 89.6 cm³/mol. The molecule has 126 valence electrons. The van der Waals surface area contributed by atoms with Crippen LogP contribution >= 0.6 is 0 Å². The molecule has 0 aliphatic heterocycles. The molecule has 0 radical (unpaired) electrons. The predicted octanol–water partition coefficient (Wildman–Crippen LogP) is 3.26. The summed E-state index contributed by atoms with van der Waals surface area (Å²) in [5.41, 5.74) is 1.11. The quantitative estimate of drug-likeness (QED) is 0.577. The van der Waals surface area contributed by atoms with Crippen molar-refractivity contribution in [1.82, 2.24) is 0 Å². The normalized spacial score (nSPS) is 11.5. The first-order valence-corrected chi connectivity index (χ1v) is 7.62. The van der Waals surface area contributed by atoms with E-state index in [2.05, 4.69) is 4.74 Å². The molecule has 5 heteroatoms. The van der Waals surface area contributed by atoms with Crippen LogP contribution in [0.2, 0.25) is 0 Å². The van der Waals surface area contributed by atoms with Crippen molar-refractivity contribution in [3.8, 4) is 11.5 Å². The zero-order valence-corrected chi connectivity index (χ0v) is 13.9. The molecule has 2 rings (SSSR count). The van der Waals surface area contributed by atoms with Gasteiger partial charge < -0.3 is 14.2 Å². The van der Waals surface area contributed by atoms with Gasteiger partial charge in [0.2, 0.25) is 0 Å². The number of benzene rings is 2. The van der Waals surface area contributed by atoms with Gasteiger partial charge in [-0.25, -0.2) is 4.79 Å². The molecule has 0 aliphatic rings. The van der Waals surface area contributed by atoms with Crippen LogP contribution in [-0.4, -0.2) is 32.1 Å². The Bertz CT molecular complexity index is 689. The molecule has 0 saturated heterocycles. The van der Waals surface area contributed by atoms with Gasteiger partial charge in [0.25, 0.3) is 0 Å². The summed E-state index contributed by atoms with van der Waals surface area (Å²) in [6.07, 6.45) is -0.155. The third-order valence-corrected chi connectivity index (χ3v) is 3.58. The Labute approximate surface area is 141 Å². The number of hydrogen-bond acceptors (Lipinski definition) is 5. The van der Waals surface area contributed by atoms with Crippen LogP contribution in [0.1, 0.15) is 29.3 Å². The van der Waals surface area contributed by atoms with Crippen LogP contribution in [0.25, 0.3) is 0 Å². The molecule has 0 bridgehead atoms. The molecule has 5 nitrogen and oxygen atoms in total. The molecule has 1 atom stereocenters. The summed E-state index contributed by atoms with van der Waals surface area (Å²) in [5, 5.41) is 0. The molecular weight excluding hydrogens is 308 g/mol. The van der Waals surface area contributed by atoms with Gasteiger partial charge in [-0.1, -0.05) is 6.92 Å². The molecule has 0 saturated carbocycles. The summed E-state index contributed by atoms with van der Waals surface area (Å²) in [6, 6.07) is 13.6. The zero-order chi connectivity index (χ0) is 17.5. The third kappa shape index (κ3) is 4.13. The van der Waals surface area contributed by atoms with Crippen molar-refractivity contribution in [2.75, 3.05) is 14.2 Å². The van der Waals surface area contributed by atoms with Gasteiger partial charge in [0.05, 0.1) is 14.2 Å². The van der Waals surface area contributed by atoms with Crippen LogP contribution in [0.15, 0.2) is 48.5 Å².